The van der Waals surface area contributed by atoms with Crippen LogP contribution in [0.1, 0.15) is 239 Å². The fraction of sp³-hybridized carbons (Fsp3) is 0.868. The molecule has 1 rings (SSSR count). The Bertz CT molecular complexity index is 1310. The topological polar surface area (TPSA) is 192 Å². The van der Waals surface area contributed by atoms with Crippen LogP contribution in [0.5, 0.6) is 0 Å². The van der Waals surface area contributed by atoms with E-state index in [-0.39, 0.29) is 18.9 Å². The molecule has 1 heterocycles. The van der Waals surface area contributed by atoms with E-state index in [1.807, 2.05) is 6.08 Å². The molecule has 0 aromatic rings. The van der Waals surface area contributed by atoms with Gasteiger partial charge in [-0.25, -0.2) is 4.18 Å². The number of aliphatic hydroxyl groups is 4. The first-order valence-electron chi connectivity index (χ1n) is 26.9. The van der Waals surface area contributed by atoms with Gasteiger partial charge in [-0.05, 0) is 51.4 Å². The van der Waals surface area contributed by atoms with Gasteiger partial charge < -0.3 is 35.2 Å². The molecule has 0 spiro atoms. The molecule has 0 aliphatic carbocycles. The summed E-state index contributed by atoms with van der Waals surface area (Å²) < 4.78 is 47.7. The van der Waals surface area contributed by atoms with Gasteiger partial charge in [0.25, 0.3) is 0 Å². The van der Waals surface area contributed by atoms with Gasteiger partial charge in [-0.1, -0.05) is 217 Å². The fourth-order valence-electron chi connectivity index (χ4n) is 8.49. The van der Waals surface area contributed by atoms with Gasteiger partial charge in [-0.2, -0.15) is 8.42 Å². The van der Waals surface area contributed by atoms with E-state index in [4.69, 9.17) is 9.47 Å². The second-order valence-corrected chi connectivity index (χ2v) is 19.9. The van der Waals surface area contributed by atoms with Crippen molar-refractivity contribution < 1.29 is 51.8 Å². The maximum absolute atomic E-state index is 13.1. The molecule has 0 radical (unpaired) electrons. The number of carbonyl (C=O) groups is 1. The molecule has 0 aromatic heterocycles. The number of ether oxygens (including phenoxy) is 2. The molecule has 1 aliphatic rings. The Labute approximate surface area is 403 Å². The van der Waals surface area contributed by atoms with Crippen LogP contribution < -0.4 is 5.32 Å². The van der Waals surface area contributed by atoms with Gasteiger partial charge >= 0.3 is 10.4 Å². The van der Waals surface area contributed by atoms with Crippen molar-refractivity contribution in [2.24, 2.45) is 0 Å². The van der Waals surface area contributed by atoms with E-state index in [2.05, 4.69) is 47.7 Å². The normalized spacial score (nSPS) is 20.3. The van der Waals surface area contributed by atoms with Gasteiger partial charge in [0.2, 0.25) is 5.91 Å². The Hall–Kier alpha value is -1.68. The molecule has 1 fully saturated rings. The standard InChI is InChI=1S/C53H99NO11S/c1-3-5-7-9-11-13-15-17-18-19-20-21-22-23-24-25-26-27-28-29-30-31-33-35-37-39-41-43-49(57)54-46(47(56)42-40-38-36-34-32-16-14-12-10-8-6-4-2)45-63-53-51(59)52(65-66(60,61)62)50(58)48(44-55)64-53/h20-21,23-24,40,42,46-48,50-53,55-56,58-59H,3-19,22,25-39,41,43-45H2,1-2H3,(H,54,57)(H,60,61,62)/b21-20-,24-23-,42-40+. The highest BCUT2D eigenvalue weighted by Gasteiger charge is 2.48. The highest BCUT2D eigenvalue weighted by atomic mass is 32.3. The lowest BCUT2D eigenvalue weighted by atomic mass is 9.99. The molecule has 66 heavy (non-hydrogen) atoms. The van der Waals surface area contributed by atoms with Crippen LogP contribution >= 0.6 is 0 Å². The molecule has 1 saturated heterocycles. The smallest absolute Gasteiger partial charge is 0.394 e. The summed E-state index contributed by atoms with van der Waals surface area (Å²) >= 11 is 0. The average molecular weight is 958 g/mol. The van der Waals surface area contributed by atoms with E-state index in [1.54, 1.807) is 6.08 Å². The van der Waals surface area contributed by atoms with Crippen molar-refractivity contribution >= 4 is 16.3 Å². The van der Waals surface area contributed by atoms with Crippen molar-refractivity contribution in [2.75, 3.05) is 13.2 Å². The first kappa shape index (κ1) is 62.3. The van der Waals surface area contributed by atoms with Crippen LogP contribution in [-0.4, -0.2) is 95.4 Å². The van der Waals surface area contributed by atoms with Crippen molar-refractivity contribution in [3.63, 3.8) is 0 Å². The number of allylic oxidation sites excluding steroid dienone is 5. The van der Waals surface area contributed by atoms with Crippen LogP contribution in [-0.2, 0) is 28.9 Å². The van der Waals surface area contributed by atoms with Crippen LogP contribution in [0.3, 0.4) is 0 Å². The average Bonchev–Trinajstić information content (AvgIpc) is 3.29. The van der Waals surface area contributed by atoms with E-state index in [0.717, 1.165) is 44.9 Å². The molecule has 13 heteroatoms. The Morgan fingerprint density at radius 2 is 1.02 bits per heavy atom. The lowest BCUT2D eigenvalue weighted by Crippen LogP contribution is -2.61. The molecule has 12 nitrogen and oxygen atoms in total. The lowest BCUT2D eigenvalue weighted by molar-refractivity contribution is -0.298. The van der Waals surface area contributed by atoms with E-state index in [0.29, 0.717) is 6.42 Å². The zero-order chi connectivity index (χ0) is 48.4. The Balaban J connectivity index is 2.34. The highest BCUT2D eigenvalue weighted by Crippen LogP contribution is 2.26. The minimum Gasteiger partial charge on any atom is -0.394 e. The van der Waals surface area contributed by atoms with E-state index in [9.17, 15) is 38.2 Å². The maximum atomic E-state index is 13.1. The van der Waals surface area contributed by atoms with Crippen LogP contribution in [0.25, 0.3) is 0 Å². The molecule has 1 aliphatic heterocycles. The minimum absolute atomic E-state index is 0.265. The van der Waals surface area contributed by atoms with E-state index in [1.165, 1.54) is 167 Å². The Kier molecular flexibility index (Phi) is 40.9. The van der Waals surface area contributed by atoms with Crippen molar-refractivity contribution in [2.45, 2.75) is 281 Å². The summed E-state index contributed by atoms with van der Waals surface area (Å²) in [6.07, 6.45) is 44.8. The molecule has 388 valence electrons. The number of carbonyl (C=O) groups excluding carboxylic acids is 1. The van der Waals surface area contributed by atoms with Crippen molar-refractivity contribution in [1.29, 1.82) is 0 Å². The first-order valence-corrected chi connectivity index (χ1v) is 28.2. The van der Waals surface area contributed by atoms with Gasteiger partial charge in [-0.3, -0.25) is 9.35 Å². The van der Waals surface area contributed by atoms with Crippen molar-refractivity contribution in [3.8, 4) is 0 Å². The minimum atomic E-state index is -5.09. The molecule has 0 aromatic carbocycles. The fourth-order valence-corrected chi connectivity index (χ4v) is 8.99. The highest BCUT2D eigenvalue weighted by molar-refractivity contribution is 7.80. The third-order valence-corrected chi connectivity index (χ3v) is 13.1. The van der Waals surface area contributed by atoms with Gasteiger partial charge in [0.05, 0.1) is 25.4 Å². The quantitative estimate of drug-likeness (QED) is 0.0193. The number of hydrogen-bond acceptors (Lipinski definition) is 10. The number of amides is 1. The monoisotopic (exact) mass is 958 g/mol. The molecule has 0 saturated carbocycles. The summed E-state index contributed by atoms with van der Waals surface area (Å²) in [6.45, 7) is 3.39. The number of rotatable bonds is 46. The third kappa shape index (κ3) is 35.4. The largest absolute Gasteiger partial charge is 0.397 e. The van der Waals surface area contributed by atoms with Crippen LogP contribution in [0.4, 0.5) is 0 Å². The van der Waals surface area contributed by atoms with Gasteiger partial charge in [0, 0.05) is 6.42 Å². The zero-order valence-corrected chi connectivity index (χ0v) is 42.6. The molecule has 6 N–H and O–H groups in total. The van der Waals surface area contributed by atoms with Crippen LogP contribution in [0.2, 0.25) is 0 Å². The Morgan fingerprint density at radius 3 is 1.44 bits per heavy atom. The number of nitrogens with one attached hydrogen (secondary N) is 1. The molecule has 1 amide bonds. The predicted molar refractivity (Wildman–Crippen MR) is 268 cm³/mol. The Morgan fingerprint density at radius 1 is 0.606 bits per heavy atom. The maximum Gasteiger partial charge on any atom is 0.397 e. The number of hydrogen-bond donors (Lipinski definition) is 6. The lowest BCUT2D eigenvalue weighted by Gasteiger charge is -2.41. The molecular formula is C53H99NO11S. The van der Waals surface area contributed by atoms with Gasteiger partial charge in [-0.15, -0.1) is 0 Å². The molecule has 7 atom stereocenters. The molecule has 0 bridgehead atoms. The second-order valence-electron chi connectivity index (χ2n) is 18.8. The van der Waals surface area contributed by atoms with Crippen LogP contribution in [0.15, 0.2) is 36.5 Å². The summed E-state index contributed by atoms with van der Waals surface area (Å²) in [5.41, 5.74) is 0. The SMILES string of the molecule is CCCCCCCCCCC/C=C\C/C=C\CCCCCCCCCCCCCC(=O)NC(COC1OC(CO)C(O)C(OS(=O)(=O)O)C1O)C(O)/C=C/CCCCCCCCCCCC. The summed E-state index contributed by atoms with van der Waals surface area (Å²) in [5, 5.41) is 44.8. The van der Waals surface area contributed by atoms with Crippen molar-refractivity contribution in [1.82, 2.24) is 5.32 Å². The van der Waals surface area contributed by atoms with Crippen LogP contribution in [0, 0.1) is 0 Å². The summed E-state index contributed by atoms with van der Waals surface area (Å²) in [4.78, 5) is 13.1. The summed E-state index contributed by atoms with van der Waals surface area (Å²) in [6, 6.07) is -0.944. The third-order valence-electron chi connectivity index (χ3n) is 12.7. The summed E-state index contributed by atoms with van der Waals surface area (Å²) in [5.74, 6) is -0.265. The second kappa shape index (κ2) is 43.3. The van der Waals surface area contributed by atoms with Crippen molar-refractivity contribution in [3.05, 3.63) is 36.5 Å². The number of aliphatic hydroxyl groups excluding tert-OH is 4. The number of unbranched alkanes of at least 4 members (excludes halogenated alkanes) is 30. The zero-order valence-electron chi connectivity index (χ0n) is 41.8. The van der Waals surface area contributed by atoms with E-state index >= 15 is 0 Å². The molecule has 7 unspecified atom stereocenters. The predicted octanol–water partition coefficient (Wildman–Crippen LogP) is 11.8. The van der Waals surface area contributed by atoms with E-state index < -0.39 is 59.9 Å². The molecular weight excluding hydrogens is 859 g/mol. The van der Waals surface area contributed by atoms with Gasteiger partial charge in [0.1, 0.15) is 24.4 Å². The summed E-state index contributed by atoms with van der Waals surface area (Å²) in [7, 11) is -5.09. The first-order chi connectivity index (χ1) is 32.0. The van der Waals surface area contributed by atoms with Gasteiger partial charge in [0.15, 0.2) is 6.29 Å².